The van der Waals surface area contributed by atoms with E-state index in [1.165, 1.54) is 12.1 Å². The van der Waals surface area contributed by atoms with Gasteiger partial charge in [0.2, 0.25) is 10.0 Å². The molecule has 0 radical (unpaired) electrons. The number of nitrogens with two attached hydrogens (primary N) is 1. The number of rotatable bonds is 2. The summed E-state index contributed by atoms with van der Waals surface area (Å²) in [6, 6.07) is 4.02. The van der Waals surface area contributed by atoms with E-state index in [-0.39, 0.29) is 0 Å². The predicted octanol–water partition coefficient (Wildman–Crippen LogP) is 1.20. The predicted molar refractivity (Wildman–Crippen MR) is 49.6 cm³/mol. The molecule has 0 spiro atoms. The van der Waals surface area contributed by atoms with Crippen molar-refractivity contribution in [3.8, 4) is 0 Å². The average molecular weight is 221 g/mol. The van der Waals surface area contributed by atoms with Gasteiger partial charge in [-0.25, -0.2) is 17.9 Å². The summed E-state index contributed by atoms with van der Waals surface area (Å²) in [5.41, 5.74) is 0. The maximum Gasteiger partial charge on any atom is 0.242 e. The largest absolute Gasteiger partial charge is 0.242 e. The fourth-order valence-corrected chi connectivity index (χ4v) is 2.71. The fraction of sp³-hybridized carbons (Fsp3) is 0.143. The lowest BCUT2D eigenvalue weighted by atomic mass is 10.3. The molecule has 0 saturated heterocycles. The van der Waals surface area contributed by atoms with E-state index in [0.717, 1.165) is 17.8 Å². The zero-order chi connectivity index (χ0) is 10.1. The number of thioether (sulfide) groups is 1. The highest BCUT2D eigenvalue weighted by Gasteiger charge is 2.18. The molecule has 72 valence electrons. The summed E-state index contributed by atoms with van der Waals surface area (Å²) in [5.74, 6) is -0.811. The van der Waals surface area contributed by atoms with Gasteiger partial charge in [0.25, 0.3) is 0 Å². The molecule has 0 aliphatic heterocycles. The Bertz CT molecular complexity index is 417. The molecule has 1 aromatic carbocycles. The van der Waals surface area contributed by atoms with Crippen molar-refractivity contribution in [3.63, 3.8) is 0 Å². The van der Waals surface area contributed by atoms with Crippen molar-refractivity contribution >= 4 is 21.8 Å². The van der Waals surface area contributed by atoms with Gasteiger partial charge in [-0.2, -0.15) is 0 Å². The standard InChI is InChI=1S/C7H8FNO2S2/c1-12-6-4-2-3-5(8)7(6)13(9,10)11/h2-4H,1H3,(H2,9,10,11). The Kier molecular flexibility index (Phi) is 2.94. The number of hydrogen-bond donors (Lipinski definition) is 1. The third-order valence-corrected chi connectivity index (χ3v) is 3.33. The van der Waals surface area contributed by atoms with E-state index in [2.05, 4.69) is 0 Å². The minimum absolute atomic E-state index is 0.322. The van der Waals surface area contributed by atoms with Crippen molar-refractivity contribution in [2.24, 2.45) is 5.14 Å². The van der Waals surface area contributed by atoms with Crippen LogP contribution >= 0.6 is 11.8 Å². The van der Waals surface area contributed by atoms with Crippen LogP contribution in [0.3, 0.4) is 0 Å². The Morgan fingerprint density at radius 2 is 2.08 bits per heavy atom. The molecule has 0 fully saturated rings. The minimum Gasteiger partial charge on any atom is -0.224 e. The third-order valence-electron chi connectivity index (χ3n) is 1.44. The monoisotopic (exact) mass is 221 g/mol. The Hall–Kier alpha value is -0.590. The fourth-order valence-electron chi connectivity index (χ4n) is 0.926. The van der Waals surface area contributed by atoms with Gasteiger partial charge >= 0.3 is 0 Å². The van der Waals surface area contributed by atoms with Crippen LogP contribution in [0.4, 0.5) is 4.39 Å². The zero-order valence-electron chi connectivity index (χ0n) is 6.82. The van der Waals surface area contributed by atoms with Gasteiger partial charge in [-0.3, -0.25) is 0 Å². The van der Waals surface area contributed by atoms with Crippen LogP contribution in [0.1, 0.15) is 0 Å². The lowest BCUT2D eigenvalue weighted by molar-refractivity contribution is 0.560. The van der Waals surface area contributed by atoms with Crippen LogP contribution in [0, 0.1) is 5.82 Å². The van der Waals surface area contributed by atoms with Crippen molar-refractivity contribution in [3.05, 3.63) is 24.0 Å². The molecule has 0 aromatic heterocycles. The van der Waals surface area contributed by atoms with Crippen LogP contribution < -0.4 is 5.14 Å². The van der Waals surface area contributed by atoms with Gasteiger partial charge in [0, 0.05) is 4.90 Å². The summed E-state index contributed by atoms with van der Waals surface area (Å²) in [7, 11) is -3.97. The van der Waals surface area contributed by atoms with E-state index in [9.17, 15) is 12.8 Å². The molecule has 1 rings (SSSR count). The SMILES string of the molecule is CSc1cccc(F)c1S(N)(=O)=O. The van der Waals surface area contributed by atoms with E-state index >= 15 is 0 Å². The smallest absolute Gasteiger partial charge is 0.224 e. The second-order valence-electron chi connectivity index (χ2n) is 2.32. The first kappa shape index (κ1) is 10.5. The highest BCUT2D eigenvalue weighted by molar-refractivity contribution is 7.99. The van der Waals surface area contributed by atoms with Crippen LogP contribution in [0.15, 0.2) is 28.0 Å². The first-order chi connectivity index (χ1) is 5.96. The molecular formula is C7H8FNO2S2. The lowest BCUT2D eigenvalue weighted by Gasteiger charge is -2.04. The summed E-state index contributed by atoms with van der Waals surface area (Å²) in [5, 5.41) is 4.85. The highest BCUT2D eigenvalue weighted by Crippen LogP contribution is 2.25. The third kappa shape index (κ3) is 2.20. The molecule has 2 N–H and O–H groups in total. The summed E-state index contributed by atoms with van der Waals surface area (Å²) in [6.45, 7) is 0. The average Bonchev–Trinajstić information content (AvgIpc) is 2.01. The molecule has 1 aromatic rings. The molecule has 0 saturated carbocycles. The van der Waals surface area contributed by atoms with Gasteiger partial charge in [-0.1, -0.05) is 6.07 Å². The number of halogens is 1. The van der Waals surface area contributed by atoms with E-state index in [4.69, 9.17) is 5.14 Å². The Morgan fingerprint density at radius 3 is 2.46 bits per heavy atom. The first-order valence-corrected chi connectivity index (χ1v) is 6.09. The molecule has 0 aliphatic rings. The van der Waals surface area contributed by atoms with Crippen molar-refractivity contribution in [1.82, 2.24) is 0 Å². The molecule has 0 bridgehead atoms. The van der Waals surface area contributed by atoms with E-state index < -0.39 is 20.7 Å². The molecule has 6 heteroatoms. The van der Waals surface area contributed by atoms with Gasteiger partial charge in [-0.15, -0.1) is 11.8 Å². The van der Waals surface area contributed by atoms with Gasteiger partial charge in [-0.05, 0) is 18.4 Å². The maximum absolute atomic E-state index is 13.1. The van der Waals surface area contributed by atoms with Crippen molar-refractivity contribution in [1.29, 1.82) is 0 Å². The van der Waals surface area contributed by atoms with Crippen molar-refractivity contribution in [2.75, 3.05) is 6.26 Å². The second kappa shape index (κ2) is 3.65. The summed E-state index contributed by atoms with van der Waals surface area (Å²) < 4.78 is 35.0. The number of hydrogen-bond acceptors (Lipinski definition) is 3. The number of primary sulfonamides is 1. The molecular weight excluding hydrogens is 213 g/mol. The normalized spacial score (nSPS) is 11.6. The second-order valence-corrected chi connectivity index (χ2v) is 4.66. The van der Waals surface area contributed by atoms with E-state index in [1.54, 1.807) is 6.26 Å². The van der Waals surface area contributed by atoms with Crippen LogP contribution in [0.5, 0.6) is 0 Å². The Labute approximate surface area is 80.2 Å². The van der Waals surface area contributed by atoms with Crippen LogP contribution in [-0.4, -0.2) is 14.7 Å². The molecule has 0 heterocycles. The quantitative estimate of drug-likeness (QED) is 0.763. The molecule has 13 heavy (non-hydrogen) atoms. The number of sulfonamides is 1. The van der Waals surface area contributed by atoms with Gasteiger partial charge in [0.1, 0.15) is 10.7 Å². The molecule has 3 nitrogen and oxygen atoms in total. The van der Waals surface area contributed by atoms with Gasteiger partial charge in [0.15, 0.2) is 0 Å². The molecule has 0 amide bonds. The van der Waals surface area contributed by atoms with Gasteiger partial charge < -0.3 is 0 Å². The maximum atomic E-state index is 13.1. The Balaban J connectivity index is 3.50. The van der Waals surface area contributed by atoms with Gasteiger partial charge in [0.05, 0.1) is 0 Å². The first-order valence-electron chi connectivity index (χ1n) is 3.32. The highest BCUT2D eigenvalue weighted by atomic mass is 32.2. The number of benzene rings is 1. The topological polar surface area (TPSA) is 60.2 Å². The molecule has 0 atom stereocenters. The van der Waals surface area contributed by atoms with Crippen LogP contribution in [0.25, 0.3) is 0 Å². The van der Waals surface area contributed by atoms with Crippen LogP contribution in [0.2, 0.25) is 0 Å². The minimum atomic E-state index is -3.97. The Morgan fingerprint density at radius 1 is 1.46 bits per heavy atom. The lowest BCUT2D eigenvalue weighted by Crippen LogP contribution is -2.15. The van der Waals surface area contributed by atoms with E-state index in [1.807, 2.05) is 0 Å². The van der Waals surface area contributed by atoms with Crippen LogP contribution in [-0.2, 0) is 10.0 Å². The van der Waals surface area contributed by atoms with Crippen molar-refractivity contribution < 1.29 is 12.8 Å². The van der Waals surface area contributed by atoms with E-state index in [0.29, 0.717) is 4.90 Å². The summed E-state index contributed by atoms with van der Waals surface area (Å²) in [4.78, 5) is -0.106. The molecule has 0 aliphatic carbocycles. The summed E-state index contributed by atoms with van der Waals surface area (Å²) in [6.07, 6.45) is 1.66. The molecule has 0 unspecified atom stereocenters. The van der Waals surface area contributed by atoms with Crippen molar-refractivity contribution in [2.45, 2.75) is 9.79 Å². The summed E-state index contributed by atoms with van der Waals surface area (Å²) >= 11 is 1.14. The zero-order valence-corrected chi connectivity index (χ0v) is 8.45.